The van der Waals surface area contributed by atoms with E-state index >= 15 is 0 Å². The molecule has 148 valence electrons. The van der Waals surface area contributed by atoms with Crippen LogP contribution in [0.5, 0.6) is 5.75 Å². The fraction of sp³-hybridized carbons (Fsp3) is 0.400. The first kappa shape index (κ1) is 20.2. The standard InChI is InChI=1S/C25H30O3/c1-24(2,3)20-12-17(13-21(22(20)26)25(4,5)6)15-9-8-10-16(11-15)18-14-19(18)23(27)28-7/h8-13,26H,14H2,1-7H3. The summed E-state index contributed by atoms with van der Waals surface area (Å²) in [5.41, 5.74) is 6.58. The van der Waals surface area contributed by atoms with Gasteiger partial charge in [0, 0.05) is 23.1 Å². The molecule has 0 aliphatic heterocycles. The van der Waals surface area contributed by atoms with Gasteiger partial charge in [-0.25, -0.2) is 4.79 Å². The lowest BCUT2D eigenvalue weighted by Crippen LogP contribution is -2.17. The predicted octanol–water partition coefficient (Wildman–Crippen LogP) is 5.98. The van der Waals surface area contributed by atoms with E-state index in [1.54, 1.807) is 0 Å². The summed E-state index contributed by atoms with van der Waals surface area (Å²) in [5.74, 6) is 0.146. The highest BCUT2D eigenvalue weighted by Crippen LogP contribution is 2.44. The van der Waals surface area contributed by atoms with Crippen LogP contribution < -0.4 is 0 Å². The Bertz CT molecular complexity index is 931. The number of esters is 1. The van der Waals surface area contributed by atoms with Gasteiger partial charge in [-0.2, -0.15) is 0 Å². The molecule has 0 saturated heterocycles. The highest BCUT2D eigenvalue weighted by Gasteiger charge is 2.30. The van der Waals surface area contributed by atoms with Gasteiger partial charge in [0.25, 0.3) is 0 Å². The second-order valence-corrected chi connectivity index (χ2v) is 9.63. The normalized spacial score (nSPS) is 14.2. The van der Waals surface area contributed by atoms with Gasteiger partial charge in [-0.05, 0) is 51.3 Å². The molecule has 3 heteroatoms. The number of rotatable bonds is 3. The number of methoxy groups -OCH3 is 1. The van der Waals surface area contributed by atoms with E-state index in [4.69, 9.17) is 4.74 Å². The highest BCUT2D eigenvalue weighted by atomic mass is 16.5. The monoisotopic (exact) mass is 378 g/mol. The van der Waals surface area contributed by atoms with Gasteiger partial charge in [0.1, 0.15) is 5.75 Å². The largest absolute Gasteiger partial charge is 0.507 e. The number of phenols is 1. The molecule has 0 bridgehead atoms. The number of allylic oxidation sites excluding steroid dienone is 1. The third-order valence-corrected chi connectivity index (χ3v) is 5.29. The number of ether oxygens (including phenoxy) is 1. The van der Waals surface area contributed by atoms with Crippen LogP contribution in [0, 0.1) is 0 Å². The number of hydrogen-bond acceptors (Lipinski definition) is 3. The maximum absolute atomic E-state index is 11.8. The fourth-order valence-corrected chi connectivity index (χ4v) is 3.56. The van der Waals surface area contributed by atoms with E-state index in [1.807, 2.05) is 12.1 Å². The van der Waals surface area contributed by atoms with Crippen molar-refractivity contribution in [3.63, 3.8) is 0 Å². The molecule has 0 fully saturated rings. The molecule has 2 aromatic rings. The average Bonchev–Trinajstić information content (AvgIpc) is 3.40. The second-order valence-electron chi connectivity index (χ2n) is 9.63. The van der Waals surface area contributed by atoms with Gasteiger partial charge in [0.15, 0.2) is 0 Å². The molecular formula is C25H30O3. The molecule has 0 aromatic heterocycles. The molecule has 0 unspecified atom stereocenters. The first-order valence-corrected chi connectivity index (χ1v) is 9.72. The molecule has 0 heterocycles. The van der Waals surface area contributed by atoms with E-state index in [0.717, 1.165) is 39.0 Å². The lowest BCUT2D eigenvalue weighted by molar-refractivity contribution is -0.135. The Morgan fingerprint density at radius 3 is 1.93 bits per heavy atom. The molecule has 0 radical (unpaired) electrons. The SMILES string of the molecule is COC(=O)C1=C(c2cccc(-c3cc(C(C)(C)C)c(O)c(C(C)(C)C)c3)c2)C1. The second kappa shape index (κ2) is 6.80. The molecule has 1 aliphatic rings. The van der Waals surface area contributed by atoms with Crippen LogP contribution in [0.4, 0.5) is 0 Å². The number of benzene rings is 2. The van der Waals surface area contributed by atoms with Crippen LogP contribution in [-0.2, 0) is 20.4 Å². The maximum atomic E-state index is 11.8. The third kappa shape index (κ3) is 3.84. The van der Waals surface area contributed by atoms with Crippen molar-refractivity contribution in [2.45, 2.75) is 58.8 Å². The zero-order valence-electron chi connectivity index (χ0n) is 17.9. The molecule has 28 heavy (non-hydrogen) atoms. The fourth-order valence-electron chi connectivity index (χ4n) is 3.56. The first-order valence-electron chi connectivity index (χ1n) is 9.72. The Kier molecular flexibility index (Phi) is 4.91. The van der Waals surface area contributed by atoms with Crippen LogP contribution in [0.1, 0.15) is 64.7 Å². The summed E-state index contributed by atoms with van der Waals surface area (Å²) in [6.07, 6.45) is 0.687. The van der Waals surface area contributed by atoms with E-state index in [0.29, 0.717) is 12.2 Å². The van der Waals surface area contributed by atoms with Gasteiger partial charge in [-0.15, -0.1) is 0 Å². The summed E-state index contributed by atoms with van der Waals surface area (Å²) in [5, 5.41) is 10.9. The lowest BCUT2D eigenvalue weighted by atomic mass is 9.77. The first-order chi connectivity index (χ1) is 12.9. The number of carbonyl (C=O) groups excluding carboxylic acids is 1. The van der Waals surface area contributed by atoms with Crippen molar-refractivity contribution in [3.05, 3.63) is 58.7 Å². The zero-order chi connectivity index (χ0) is 20.9. The summed E-state index contributed by atoms with van der Waals surface area (Å²) < 4.78 is 4.84. The average molecular weight is 379 g/mol. The van der Waals surface area contributed by atoms with Crippen LogP contribution >= 0.6 is 0 Å². The molecule has 1 N–H and O–H groups in total. The third-order valence-electron chi connectivity index (χ3n) is 5.29. The topological polar surface area (TPSA) is 46.5 Å². The number of aromatic hydroxyl groups is 1. The number of phenolic OH excluding ortho intramolecular Hbond substituents is 1. The lowest BCUT2D eigenvalue weighted by Gasteiger charge is -2.28. The zero-order valence-corrected chi connectivity index (χ0v) is 17.9. The van der Waals surface area contributed by atoms with Crippen molar-refractivity contribution >= 4 is 11.5 Å². The van der Waals surface area contributed by atoms with E-state index in [1.165, 1.54) is 7.11 Å². The highest BCUT2D eigenvalue weighted by molar-refractivity contribution is 6.08. The minimum atomic E-state index is -0.241. The van der Waals surface area contributed by atoms with Crippen molar-refractivity contribution in [2.24, 2.45) is 0 Å². The van der Waals surface area contributed by atoms with Gasteiger partial charge in [0.2, 0.25) is 0 Å². The summed E-state index contributed by atoms with van der Waals surface area (Å²) in [7, 11) is 1.42. The van der Waals surface area contributed by atoms with Crippen LogP contribution in [0.2, 0.25) is 0 Å². The molecule has 0 atom stereocenters. The van der Waals surface area contributed by atoms with E-state index in [9.17, 15) is 9.90 Å². The molecule has 1 aliphatic carbocycles. The molecule has 3 nitrogen and oxygen atoms in total. The summed E-state index contributed by atoms with van der Waals surface area (Å²) >= 11 is 0. The number of carbonyl (C=O) groups is 1. The number of hydrogen-bond donors (Lipinski definition) is 1. The predicted molar refractivity (Wildman–Crippen MR) is 114 cm³/mol. The van der Waals surface area contributed by atoms with Crippen molar-refractivity contribution in [1.29, 1.82) is 0 Å². The summed E-state index contributed by atoms with van der Waals surface area (Å²) in [4.78, 5) is 11.8. The van der Waals surface area contributed by atoms with Crippen molar-refractivity contribution < 1.29 is 14.6 Å². The van der Waals surface area contributed by atoms with Crippen LogP contribution in [-0.4, -0.2) is 18.2 Å². The van der Waals surface area contributed by atoms with Gasteiger partial charge in [-0.3, -0.25) is 0 Å². The summed E-state index contributed by atoms with van der Waals surface area (Å²) in [6, 6.07) is 12.4. The van der Waals surface area contributed by atoms with Gasteiger partial charge < -0.3 is 9.84 Å². The molecule has 3 rings (SSSR count). The van der Waals surface area contributed by atoms with Gasteiger partial charge in [0.05, 0.1) is 7.11 Å². The molecule has 2 aromatic carbocycles. The smallest absolute Gasteiger partial charge is 0.334 e. The van der Waals surface area contributed by atoms with Crippen LogP contribution in [0.3, 0.4) is 0 Å². The van der Waals surface area contributed by atoms with Crippen LogP contribution in [0.15, 0.2) is 42.0 Å². The van der Waals surface area contributed by atoms with Gasteiger partial charge in [-0.1, -0.05) is 59.7 Å². The Hall–Kier alpha value is -2.55. The van der Waals surface area contributed by atoms with Crippen molar-refractivity contribution in [3.8, 4) is 16.9 Å². The van der Waals surface area contributed by atoms with E-state index in [2.05, 4.69) is 65.8 Å². The van der Waals surface area contributed by atoms with Crippen LogP contribution in [0.25, 0.3) is 16.7 Å². The van der Waals surface area contributed by atoms with Crippen molar-refractivity contribution in [1.82, 2.24) is 0 Å². The van der Waals surface area contributed by atoms with Gasteiger partial charge >= 0.3 is 5.97 Å². The summed E-state index contributed by atoms with van der Waals surface area (Å²) in [6.45, 7) is 12.7. The Balaban J connectivity index is 2.14. The molecule has 0 spiro atoms. The molecule has 0 saturated carbocycles. The van der Waals surface area contributed by atoms with Crippen molar-refractivity contribution in [2.75, 3.05) is 7.11 Å². The molecular weight excluding hydrogens is 348 g/mol. The quantitative estimate of drug-likeness (QED) is 0.668. The maximum Gasteiger partial charge on any atom is 0.334 e. The Morgan fingerprint density at radius 1 is 0.893 bits per heavy atom. The minimum Gasteiger partial charge on any atom is -0.507 e. The Morgan fingerprint density at radius 2 is 1.43 bits per heavy atom. The molecule has 0 amide bonds. The Labute approximate surface area is 168 Å². The van der Waals surface area contributed by atoms with E-state index in [-0.39, 0.29) is 16.8 Å². The minimum absolute atomic E-state index is 0.172. The van der Waals surface area contributed by atoms with E-state index < -0.39 is 0 Å².